The number of likely N-dealkylation sites (tertiary alicyclic amines) is 1. The molecule has 140 valence electrons. The smallest absolute Gasteiger partial charge is 0.307 e. The lowest BCUT2D eigenvalue weighted by Gasteiger charge is -2.27. The number of carbonyl (C=O) groups is 2. The maximum absolute atomic E-state index is 12.7. The van der Waals surface area contributed by atoms with Crippen molar-refractivity contribution >= 4 is 17.6 Å². The van der Waals surface area contributed by atoms with Gasteiger partial charge in [-0.05, 0) is 74.7 Å². The van der Waals surface area contributed by atoms with Crippen molar-refractivity contribution in [3.8, 4) is 0 Å². The quantitative estimate of drug-likeness (QED) is 0.849. The predicted molar refractivity (Wildman–Crippen MR) is 99.6 cm³/mol. The summed E-state index contributed by atoms with van der Waals surface area (Å²) in [6, 6.07) is 8.03. The van der Waals surface area contributed by atoms with E-state index >= 15 is 0 Å². The number of anilines is 1. The number of hydrogen-bond acceptors (Lipinski definition) is 3. The van der Waals surface area contributed by atoms with E-state index in [9.17, 15) is 14.7 Å². The summed E-state index contributed by atoms with van der Waals surface area (Å²) in [5, 5.41) is 12.5. The van der Waals surface area contributed by atoms with E-state index in [1.165, 1.54) is 37.9 Å². The number of hydrogen-bond donors (Lipinski definition) is 2. The highest BCUT2D eigenvalue weighted by Crippen LogP contribution is 2.52. The van der Waals surface area contributed by atoms with Gasteiger partial charge in [0.2, 0.25) is 5.91 Å². The van der Waals surface area contributed by atoms with Crippen LogP contribution in [0.5, 0.6) is 0 Å². The molecule has 2 bridgehead atoms. The van der Waals surface area contributed by atoms with E-state index in [0.29, 0.717) is 0 Å². The first-order valence-electron chi connectivity index (χ1n) is 9.97. The molecule has 1 aromatic rings. The summed E-state index contributed by atoms with van der Waals surface area (Å²) in [5.41, 5.74) is 2.03. The van der Waals surface area contributed by atoms with Crippen molar-refractivity contribution in [3.05, 3.63) is 29.8 Å². The molecule has 0 radical (unpaired) electrons. The molecular formula is C21H28N2O3. The maximum Gasteiger partial charge on any atom is 0.307 e. The van der Waals surface area contributed by atoms with Gasteiger partial charge in [-0.2, -0.15) is 0 Å². The summed E-state index contributed by atoms with van der Waals surface area (Å²) in [7, 11) is 0. The van der Waals surface area contributed by atoms with Crippen molar-refractivity contribution in [1.29, 1.82) is 0 Å². The van der Waals surface area contributed by atoms with E-state index < -0.39 is 11.9 Å². The normalized spacial score (nSPS) is 31.1. The SMILES string of the molecule is O=C(O)C1C2CCC(C2)C1C(=O)Nc1ccc(CN2CCCCC2)cc1. The van der Waals surface area contributed by atoms with Gasteiger partial charge in [0.1, 0.15) is 0 Å². The Morgan fingerprint density at radius 3 is 2.31 bits per heavy atom. The zero-order chi connectivity index (χ0) is 18.1. The number of piperidine rings is 1. The minimum absolute atomic E-state index is 0.117. The topological polar surface area (TPSA) is 69.6 Å². The van der Waals surface area contributed by atoms with Crippen LogP contribution in [0.4, 0.5) is 5.69 Å². The Morgan fingerprint density at radius 1 is 1.00 bits per heavy atom. The molecular weight excluding hydrogens is 328 g/mol. The minimum Gasteiger partial charge on any atom is -0.481 e. The molecule has 2 aliphatic carbocycles. The first-order chi connectivity index (χ1) is 12.6. The van der Waals surface area contributed by atoms with Gasteiger partial charge in [0.05, 0.1) is 11.8 Å². The Hall–Kier alpha value is -1.88. The molecule has 3 fully saturated rings. The molecule has 0 spiro atoms. The van der Waals surface area contributed by atoms with Crippen molar-refractivity contribution in [1.82, 2.24) is 4.90 Å². The van der Waals surface area contributed by atoms with Crippen LogP contribution in [0.3, 0.4) is 0 Å². The van der Waals surface area contributed by atoms with Gasteiger partial charge in [-0.25, -0.2) is 0 Å². The number of carbonyl (C=O) groups excluding carboxylic acids is 1. The number of nitrogens with one attached hydrogen (secondary N) is 1. The third kappa shape index (κ3) is 3.50. The number of nitrogens with zero attached hydrogens (tertiary/aromatic N) is 1. The molecule has 2 saturated carbocycles. The van der Waals surface area contributed by atoms with Crippen LogP contribution in [0, 0.1) is 23.7 Å². The fourth-order valence-electron chi connectivity index (χ4n) is 5.32. The number of amides is 1. The monoisotopic (exact) mass is 356 g/mol. The summed E-state index contributed by atoms with van der Waals surface area (Å²) in [4.78, 5) is 26.8. The number of fused-ring (bicyclic) bond motifs is 2. The van der Waals surface area contributed by atoms with Crippen molar-refractivity contribution in [2.24, 2.45) is 23.7 Å². The molecule has 4 rings (SSSR count). The highest BCUT2D eigenvalue weighted by Gasteiger charge is 2.53. The molecule has 1 saturated heterocycles. The van der Waals surface area contributed by atoms with Gasteiger partial charge in [0.25, 0.3) is 0 Å². The Balaban J connectivity index is 1.37. The Labute approximate surface area is 154 Å². The largest absolute Gasteiger partial charge is 0.481 e. The molecule has 4 unspecified atom stereocenters. The number of benzene rings is 1. The molecule has 5 nitrogen and oxygen atoms in total. The molecule has 1 aliphatic heterocycles. The van der Waals surface area contributed by atoms with E-state index in [1.807, 2.05) is 12.1 Å². The molecule has 26 heavy (non-hydrogen) atoms. The van der Waals surface area contributed by atoms with E-state index in [-0.39, 0.29) is 23.7 Å². The van der Waals surface area contributed by atoms with Crippen LogP contribution in [-0.2, 0) is 16.1 Å². The average molecular weight is 356 g/mol. The Bertz CT molecular complexity index is 666. The molecule has 0 aromatic heterocycles. The summed E-state index contributed by atoms with van der Waals surface area (Å²) >= 11 is 0. The minimum atomic E-state index is -0.811. The Morgan fingerprint density at radius 2 is 1.65 bits per heavy atom. The van der Waals surface area contributed by atoms with Gasteiger partial charge < -0.3 is 10.4 Å². The summed E-state index contributed by atoms with van der Waals surface area (Å²) in [5.74, 6) is -1.39. The van der Waals surface area contributed by atoms with E-state index in [0.717, 1.165) is 31.5 Å². The second kappa shape index (κ2) is 7.39. The van der Waals surface area contributed by atoms with Crippen LogP contribution in [0.25, 0.3) is 0 Å². The molecule has 4 atom stereocenters. The number of carboxylic acids is 1. The van der Waals surface area contributed by atoms with Crippen molar-refractivity contribution < 1.29 is 14.7 Å². The summed E-state index contributed by atoms with van der Waals surface area (Å²) in [6.45, 7) is 3.29. The average Bonchev–Trinajstić information content (AvgIpc) is 3.25. The third-order valence-corrected chi connectivity index (χ3v) is 6.58. The lowest BCUT2D eigenvalue weighted by molar-refractivity contribution is -0.148. The first kappa shape index (κ1) is 17.5. The molecule has 1 aromatic carbocycles. The van der Waals surface area contributed by atoms with Crippen LogP contribution in [-0.4, -0.2) is 35.0 Å². The van der Waals surface area contributed by atoms with Gasteiger partial charge in [0.15, 0.2) is 0 Å². The van der Waals surface area contributed by atoms with E-state index in [2.05, 4.69) is 22.3 Å². The molecule has 1 amide bonds. The lowest BCUT2D eigenvalue weighted by atomic mass is 9.78. The van der Waals surface area contributed by atoms with Gasteiger partial charge >= 0.3 is 5.97 Å². The molecule has 1 heterocycles. The number of aliphatic carboxylic acids is 1. The molecule has 3 aliphatic rings. The fourth-order valence-corrected chi connectivity index (χ4v) is 5.32. The van der Waals surface area contributed by atoms with Crippen molar-refractivity contribution in [3.63, 3.8) is 0 Å². The fraction of sp³-hybridized carbons (Fsp3) is 0.619. The van der Waals surface area contributed by atoms with Crippen molar-refractivity contribution in [2.45, 2.75) is 45.1 Å². The lowest BCUT2D eigenvalue weighted by Crippen LogP contribution is -2.37. The van der Waals surface area contributed by atoms with Gasteiger partial charge in [-0.3, -0.25) is 14.5 Å². The third-order valence-electron chi connectivity index (χ3n) is 6.58. The standard InChI is InChI=1S/C21H28N2O3/c24-20(18-15-6-7-16(12-15)19(18)21(25)26)22-17-8-4-14(5-9-17)13-23-10-2-1-3-11-23/h4-5,8-9,15-16,18-19H,1-3,6-7,10-13H2,(H,22,24)(H,25,26). The van der Waals surface area contributed by atoms with Crippen LogP contribution in [0.1, 0.15) is 44.1 Å². The predicted octanol–water partition coefficient (Wildman–Crippen LogP) is 3.36. The summed E-state index contributed by atoms with van der Waals surface area (Å²) < 4.78 is 0. The highest BCUT2D eigenvalue weighted by molar-refractivity contribution is 5.96. The van der Waals surface area contributed by atoms with Gasteiger partial charge in [-0.15, -0.1) is 0 Å². The summed E-state index contributed by atoms with van der Waals surface area (Å²) in [6.07, 6.45) is 6.73. The van der Waals surface area contributed by atoms with Crippen LogP contribution < -0.4 is 5.32 Å². The maximum atomic E-state index is 12.7. The highest BCUT2D eigenvalue weighted by atomic mass is 16.4. The number of rotatable bonds is 5. The van der Waals surface area contributed by atoms with Crippen LogP contribution >= 0.6 is 0 Å². The van der Waals surface area contributed by atoms with Crippen molar-refractivity contribution in [2.75, 3.05) is 18.4 Å². The zero-order valence-electron chi connectivity index (χ0n) is 15.2. The van der Waals surface area contributed by atoms with Gasteiger partial charge in [0, 0.05) is 12.2 Å². The first-order valence-corrected chi connectivity index (χ1v) is 9.97. The zero-order valence-corrected chi connectivity index (χ0v) is 15.2. The van der Waals surface area contributed by atoms with E-state index in [4.69, 9.17) is 0 Å². The second-order valence-corrected chi connectivity index (χ2v) is 8.25. The second-order valence-electron chi connectivity index (χ2n) is 8.25. The molecule has 2 N–H and O–H groups in total. The number of carboxylic acid groups (broad SMARTS) is 1. The van der Waals surface area contributed by atoms with Crippen LogP contribution in [0.15, 0.2) is 24.3 Å². The van der Waals surface area contributed by atoms with Gasteiger partial charge in [-0.1, -0.05) is 18.6 Å². The molecule has 5 heteroatoms. The van der Waals surface area contributed by atoms with E-state index in [1.54, 1.807) is 0 Å². The Kier molecular flexibility index (Phi) is 4.98. The van der Waals surface area contributed by atoms with Crippen LogP contribution in [0.2, 0.25) is 0 Å².